The van der Waals surface area contributed by atoms with Crippen molar-refractivity contribution in [1.29, 1.82) is 0 Å². The molecule has 0 amide bonds. The Hall–Kier alpha value is -2.91. The number of pyridine rings is 1. The number of ether oxygens (including phenoxy) is 2. The topological polar surface area (TPSA) is 138 Å². The maximum atomic E-state index is 11.3. The van der Waals surface area contributed by atoms with Crippen LogP contribution in [0.4, 0.5) is 17.3 Å². The molecule has 1 aromatic heterocycles. The van der Waals surface area contributed by atoms with Crippen molar-refractivity contribution >= 4 is 29.3 Å². The van der Waals surface area contributed by atoms with Gasteiger partial charge in [0.1, 0.15) is 18.9 Å². The summed E-state index contributed by atoms with van der Waals surface area (Å²) in [7, 11) is 2.38. The molecule has 0 radical (unpaired) electrons. The van der Waals surface area contributed by atoms with Crippen molar-refractivity contribution in [2.75, 3.05) is 37.9 Å². The van der Waals surface area contributed by atoms with Gasteiger partial charge in [-0.05, 0) is 6.07 Å². The Morgan fingerprint density at radius 3 is 2.19 bits per heavy atom. The number of hydrogen-bond donors (Lipinski definition) is 1. The van der Waals surface area contributed by atoms with E-state index in [0.717, 1.165) is 6.07 Å². The van der Waals surface area contributed by atoms with Crippen LogP contribution in [-0.2, 0) is 19.1 Å². The summed E-state index contributed by atoms with van der Waals surface area (Å²) in [5.41, 5.74) is 5.11. The molecule has 0 spiro atoms. The number of carbonyl (C=O) groups excluding carboxylic acids is 2. The van der Waals surface area contributed by atoms with Gasteiger partial charge in [0.05, 0.1) is 19.1 Å². The van der Waals surface area contributed by atoms with Gasteiger partial charge in [0, 0.05) is 6.07 Å². The molecule has 0 bridgehead atoms. The number of anilines is 2. The van der Waals surface area contributed by atoms with E-state index in [4.69, 9.17) is 5.73 Å². The Morgan fingerprint density at radius 1 is 1.29 bits per heavy atom. The molecule has 0 unspecified atom stereocenters. The number of nitrogens with zero attached hydrogens (tertiary/aromatic N) is 3. The zero-order valence-electron chi connectivity index (χ0n) is 11.4. The molecule has 0 saturated carbocycles. The third kappa shape index (κ3) is 4.30. The first-order chi connectivity index (χ1) is 9.88. The molecule has 0 aliphatic rings. The molecule has 0 aliphatic heterocycles. The van der Waals surface area contributed by atoms with Crippen LogP contribution >= 0.6 is 0 Å². The molecule has 2 N–H and O–H groups in total. The van der Waals surface area contributed by atoms with Crippen molar-refractivity contribution in [1.82, 2.24) is 4.98 Å². The summed E-state index contributed by atoms with van der Waals surface area (Å²) >= 11 is 0. The van der Waals surface area contributed by atoms with E-state index in [0.29, 0.717) is 0 Å². The highest BCUT2D eigenvalue weighted by atomic mass is 16.6. The van der Waals surface area contributed by atoms with Crippen molar-refractivity contribution in [3.8, 4) is 0 Å². The summed E-state index contributed by atoms with van der Waals surface area (Å²) in [4.78, 5) is 37.7. The van der Waals surface area contributed by atoms with E-state index in [-0.39, 0.29) is 30.4 Å². The lowest BCUT2D eigenvalue weighted by atomic mass is 10.3. The minimum atomic E-state index is -0.683. The number of hydrogen-bond acceptors (Lipinski definition) is 9. The molecule has 1 heterocycles. The number of esters is 2. The van der Waals surface area contributed by atoms with Crippen LogP contribution in [0.1, 0.15) is 0 Å². The molecular formula is C11H14N4O6. The molecule has 1 aromatic rings. The average Bonchev–Trinajstić information content (AvgIpc) is 2.45. The third-order valence-corrected chi connectivity index (χ3v) is 2.50. The molecule has 21 heavy (non-hydrogen) atoms. The van der Waals surface area contributed by atoms with E-state index >= 15 is 0 Å². The quantitative estimate of drug-likeness (QED) is 0.427. The minimum Gasteiger partial charge on any atom is -0.468 e. The Morgan fingerprint density at radius 2 is 1.81 bits per heavy atom. The van der Waals surface area contributed by atoms with E-state index in [9.17, 15) is 19.7 Å². The number of nitro groups is 1. The standard InChI is InChI=1S/C11H14N4O6/c1-20-9(16)5-14(6-10(17)21-2)8-4-3-7(15(18)19)11(12)13-8/h3-4H,5-6H2,1-2H3,(H2,12,13). The SMILES string of the molecule is COC(=O)CN(CC(=O)OC)c1ccc([N+](=O)[O-])c(N)n1. The molecule has 0 atom stereocenters. The minimum absolute atomic E-state index is 0.119. The van der Waals surface area contributed by atoms with Crippen molar-refractivity contribution < 1.29 is 24.0 Å². The first-order valence-corrected chi connectivity index (χ1v) is 5.68. The highest BCUT2D eigenvalue weighted by Crippen LogP contribution is 2.22. The zero-order valence-corrected chi connectivity index (χ0v) is 11.4. The lowest BCUT2D eigenvalue weighted by Crippen LogP contribution is -2.36. The molecule has 10 heteroatoms. The Kier molecular flexibility index (Phi) is 5.40. The van der Waals surface area contributed by atoms with Crippen molar-refractivity contribution in [2.45, 2.75) is 0 Å². The van der Waals surface area contributed by atoms with Gasteiger partial charge in [-0.1, -0.05) is 0 Å². The van der Waals surface area contributed by atoms with Gasteiger partial charge in [0.2, 0.25) is 5.82 Å². The molecule has 0 aromatic carbocycles. The van der Waals surface area contributed by atoms with Crippen LogP contribution in [0.3, 0.4) is 0 Å². The van der Waals surface area contributed by atoms with Gasteiger partial charge < -0.3 is 20.1 Å². The second-order valence-electron chi connectivity index (χ2n) is 3.84. The number of nitrogens with two attached hydrogens (primary N) is 1. The Labute approximate surface area is 119 Å². The zero-order chi connectivity index (χ0) is 16.0. The normalized spacial score (nSPS) is 9.81. The lowest BCUT2D eigenvalue weighted by molar-refractivity contribution is -0.384. The Bertz CT molecular complexity index is 544. The fourth-order valence-electron chi connectivity index (χ4n) is 1.45. The summed E-state index contributed by atoms with van der Waals surface area (Å²) in [5.74, 6) is -1.43. The second-order valence-corrected chi connectivity index (χ2v) is 3.84. The van der Waals surface area contributed by atoms with Gasteiger partial charge in [-0.15, -0.1) is 0 Å². The van der Waals surface area contributed by atoms with Gasteiger partial charge in [-0.3, -0.25) is 19.7 Å². The average molecular weight is 298 g/mol. The molecule has 10 nitrogen and oxygen atoms in total. The second kappa shape index (κ2) is 7.03. The number of aromatic nitrogens is 1. The summed E-state index contributed by atoms with van der Waals surface area (Å²) in [6, 6.07) is 2.42. The van der Waals surface area contributed by atoms with Crippen molar-refractivity contribution in [3.05, 3.63) is 22.2 Å². The van der Waals surface area contributed by atoms with Crippen LogP contribution < -0.4 is 10.6 Å². The first kappa shape index (κ1) is 16.1. The molecule has 0 fully saturated rings. The van der Waals surface area contributed by atoms with E-state index in [1.165, 1.54) is 25.2 Å². The van der Waals surface area contributed by atoms with Crippen LogP contribution in [0.2, 0.25) is 0 Å². The number of nitrogen functional groups attached to an aromatic ring is 1. The van der Waals surface area contributed by atoms with E-state index < -0.39 is 16.9 Å². The van der Waals surface area contributed by atoms with Gasteiger partial charge in [0.25, 0.3) is 0 Å². The smallest absolute Gasteiger partial charge is 0.325 e. The van der Waals surface area contributed by atoms with E-state index in [1.807, 2.05) is 0 Å². The van der Waals surface area contributed by atoms with Gasteiger partial charge in [-0.2, -0.15) is 0 Å². The maximum Gasteiger partial charge on any atom is 0.325 e. The van der Waals surface area contributed by atoms with Gasteiger partial charge in [0.15, 0.2) is 0 Å². The van der Waals surface area contributed by atoms with Crippen molar-refractivity contribution in [3.63, 3.8) is 0 Å². The number of methoxy groups -OCH3 is 2. The predicted molar refractivity (Wildman–Crippen MR) is 71.5 cm³/mol. The van der Waals surface area contributed by atoms with E-state index in [2.05, 4.69) is 14.5 Å². The maximum absolute atomic E-state index is 11.3. The lowest BCUT2D eigenvalue weighted by Gasteiger charge is -2.21. The van der Waals surface area contributed by atoms with E-state index in [1.54, 1.807) is 0 Å². The van der Waals surface area contributed by atoms with Crippen LogP contribution in [0.25, 0.3) is 0 Å². The first-order valence-electron chi connectivity index (χ1n) is 5.68. The van der Waals surface area contributed by atoms with Crippen LogP contribution in [0.15, 0.2) is 12.1 Å². The fraction of sp³-hybridized carbons (Fsp3) is 0.364. The highest BCUT2D eigenvalue weighted by molar-refractivity contribution is 5.81. The van der Waals surface area contributed by atoms with Crippen LogP contribution in [0, 0.1) is 10.1 Å². The summed E-state index contributed by atoms with van der Waals surface area (Å²) in [6.07, 6.45) is 0. The van der Waals surface area contributed by atoms with Gasteiger partial charge >= 0.3 is 17.6 Å². The molecular weight excluding hydrogens is 284 g/mol. The number of carbonyl (C=O) groups is 2. The predicted octanol–water partition coefficient (Wildman–Crippen LogP) is -0.276. The molecule has 0 aliphatic carbocycles. The number of rotatable bonds is 6. The fourth-order valence-corrected chi connectivity index (χ4v) is 1.45. The highest BCUT2D eigenvalue weighted by Gasteiger charge is 2.20. The molecule has 0 saturated heterocycles. The summed E-state index contributed by atoms with van der Waals surface area (Å²) < 4.78 is 9.02. The van der Waals surface area contributed by atoms with Crippen molar-refractivity contribution in [2.24, 2.45) is 0 Å². The van der Waals surface area contributed by atoms with Gasteiger partial charge in [-0.25, -0.2) is 4.98 Å². The largest absolute Gasteiger partial charge is 0.468 e. The molecule has 114 valence electrons. The molecule has 1 rings (SSSR count). The summed E-state index contributed by atoms with van der Waals surface area (Å²) in [5, 5.41) is 10.7. The monoisotopic (exact) mass is 298 g/mol. The van der Waals surface area contributed by atoms with Crippen LogP contribution in [0.5, 0.6) is 0 Å². The summed E-state index contributed by atoms with van der Waals surface area (Å²) in [6.45, 7) is -0.564. The van der Waals surface area contributed by atoms with Crippen LogP contribution in [-0.4, -0.2) is 49.2 Å². The third-order valence-electron chi connectivity index (χ3n) is 2.50. The Balaban J connectivity index is 3.07.